The summed E-state index contributed by atoms with van der Waals surface area (Å²) in [6.07, 6.45) is 2.67. The van der Waals surface area contributed by atoms with E-state index in [-0.39, 0.29) is 5.91 Å². The lowest BCUT2D eigenvalue weighted by atomic mass is 10.2. The lowest BCUT2D eigenvalue weighted by Gasteiger charge is -2.21. The quantitative estimate of drug-likeness (QED) is 0.392. The van der Waals surface area contributed by atoms with Gasteiger partial charge in [0.2, 0.25) is 5.91 Å². The van der Waals surface area contributed by atoms with Crippen molar-refractivity contribution in [1.29, 1.82) is 0 Å². The maximum atomic E-state index is 12.4. The highest BCUT2D eigenvalue weighted by Gasteiger charge is 2.10. The maximum Gasteiger partial charge on any atom is 0.224 e. The molecule has 29 heavy (non-hydrogen) atoms. The van der Waals surface area contributed by atoms with Crippen molar-refractivity contribution in [3.05, 3.63) is 35.9 Å². The van der Waals surface area contributed by atoms with Crippen molar-refractivity contribution in [2.45, 2.75) is 59.5 Å². The average molecular weight is 404 g/mol. The second-order valence-electron chi connectivity index (χ2n) is 7.46. The number of amides is 1. The molecule has 6 nitrogen and oxygen atoms in total. The molecule has 0 saturated carbocycles. The number of benzene rings is 1. The van der Waals surface area contributed by atoms with Gasteiger partial charge >= 0.3 is 0 Å². The number of guanidine groups is 1. The fraction of sp³-hybridized carbons (Fsp3) is 0.652. The van der Waals surface area contributed by atoms with E-state index in [0.29, 0.717) is 25.6 Å². The zero-order chi connectivity index (χ0) is 21.5. The molecule has 0 saturated heterocycles. The van der Waals surface area contributed by atoms with Crippen LogP contribution in [0.15, 0.2) is 35.3 Å². The molecule has 6 heteroatoms. The largest absolute Gasteiger partial charge is 0.357 e. The van der Waals surface area contributed by atoms with Crippen LogP contribution in [0.5, 0.6) is 0 Å². The van der Waals surface area contributed by atoms with Gasteiger partial charge in [0, 0.05) is 32.6 Å². The number of carbonyl (C=O) groups excluding carboxylic acids is 1. The summed E-state index contributed by atoms with van der Waals surface area (Å²) in [6, 6.07) is 10.4. The van der Waals surface area contributed by atoms with Crippen LogP contribution in [0.25, 0.3) is 0 Å². The Labute approximate surface area is 177 Å². The Hall–Kier alpha value is -2.08. The highest BCUT2D eigenvalue weighted by Crippen LogP contribution is 2.04. The molecule has 2 N–H and O–H groups in total. The fourth-order valence-corrected chi connectivity index (χ4v) is 3.19. The zero-order valence-electron chi connectivity index (χ0n) is 19.1. The van der Waals surface area contributed by atoms with E-state index >= 15 is 0 Å². The SMILES string of the molecule is CCNC(=NCCC(=O)N(C)Cc1ccccc1)NC(C)CCCN(CC)CC. The molecule has 0 heterocycles. The van der Waals surface area contributed by atoms with Crippen LogP contribution in [0, 0.1) is 0 Å². The molecule has 1 rings (SSSR count). The second-order valence-corrected chi connectivity index (χ2v) is 7.46. The third-order valence-electron chi connectivity index (χ3n) is 5.02. The third-order valence-corrected chi connectivity index (χ3v) is 5.02. The molecular weight excluding hydrogens is 362 g/mol. The molecule has 1 aromatic carbocycles. The molecule has 1 atom stereocenters. The molecule has 0 bridgehead atoms. The molecular formula is C23H41N5O. The lowest BCUT2D eigenvalue weighted by Crippen LogP contribution is -2.42. The summed E-state index contributed by atoms with van der Waals surface area (Å²) in [5.41, 5.74) is 1.14. The highest BCUT2D eigenvalue weighted by molar-refractivity contribution is 5.81. The number of nitrogens with zero attached hydrogens (tertiary/aromatic N) is 3. The van der Waals surface area contributed by atoms with Crippen molar-refractivity contribution in [3.8, 4) is 0 Å². The van der Waals surface area contributed by atoms with E-state index < -0.39 is 0 Å². The van der Waals surface area contributed by atoms with Gasteiger partial charge in [-0.25, -0.2) is 0 Å². The molecule has 1 amide bonds. The van der Waals surface area contributed by atoms with Gasteiger partial charge < -0.3 is 20.4 Å². The normalized spacial score (nSPS) is 12.7. The number of carbonyl (C=O) groups is 1. The van der Waals surface area contributed by atoms with Gasteiger partial charge in [0.05, 0.1) is 6.54 Å². The molecule has 0 radical (unpaired) electrons. The first-order chi connectivity index (χ1) is 14.0. The van der Waals surface area contributed by atoms with Gasteiger partial charge in [-0.1, -0.05) is 44.2 Å². The minimum atomic E-state index is 0.112. The molecule has 0 aliphatic rings. The van der Waals surface area contributed by atoms with Crippen molar-refractivity contribution in [3.63, 3.8) is 0 Å². The first-order valence-corrected chi connectivity index (χ1v) is 11.0. The predicted molar refractivity (Wildman–Crippen MR) is 123 cm³/mol. The molecule has 0 aromatic heterocycles. The van der Waals surface area contributed by atoms with Crippen LogP contribution in [0.2, 0.25) is 0 Å². The van der Waals surface area contributed by atoms with E-state index in [1.807, 2.05) is 37.4 Å². The Morgan fingerprint density at radius 1 is 1.14 bits per heavy atom. The van der Waals surface area contributed by atoms with Crippen molar-refractivity contribution < 1.29 is 4.79 Å². The lowest BCUT2D eigenvalue weighted by molar-refractivity contribution is -0.130. The number of nitrogens with one attached hydrogen (secondary N) is 2. The molecule has 164 valence electrons. The van der Waals surface area contributed by atoms with Gasteiger partial charge in [-0.3, -0.25) is 9.79 Å². The van der Waals surface area contributed by atoms with E-state index in [1.54, 1.807) is 4.90 Å². The molecule has 0 aliphatic heterocycles. The summed E-state index contributed by atoms with van der Waals surface area (Å²) in [5, 5.41) is 6.75. The van der Waals surface area contributed by atoms with Crippen LogP contribution in [0.1, 0.15) is 52.5 Å². The maximum absolute atomic E-state index is 12.4. The third kappa shape index (κ3) is 10.9. The standard InChI is InChI=1S/C23H41N5O/c1-6-24-23(26-20(4)13-12-18-28(7-2)8-3)25-17-16-22(29)27(5)19-21-14-10-9-11-15-21/h9-11,14-15,20H,6-8,12-13,16-19H2,1-5H3,(H2,24,25,26). The van der Waals surface area contributed by atoms with E-state index in [4.69, 9.17) is 0 Å². The monoisotopic (exact) mass is 403 g/mol. The van der Waals surface area contributed by atoms with Gasteiger partial charge in [0.1, 0.15) is 0 Å². The van der Waals surface area contributed by atoms with Gasteiger partial charge in [-0.15, -0.1) is 0 Å². The number of aliphatic imine (C=N–C) groups is 1. The average Bonchev–Trinajstić information content (AvgIpc) is 2.72. The number of rotatable bonds is 13. The molecule has 0 aliphatic carbocycles. The van der Waals surface area contributed by atoms with Crippen molar-refractivity contribution in [2.24, 2.45) is 4.99 Å². The van der Waals surface area contributed by atoms with Crippen molar-refractivity contribution in [2.75, 3.05) is 39.8 Å². The van der Waals surface area contributed by atoms with Crippen molar-refractivity contribution >= 4 is 11.9 Å². The number of hydrogen-bond donors (Lipinski definition) is 2. The summed E-state index contributed by atoms with van der Waals surface area (Å²) < 4.78 is 0. The van der Waals surface area contributed by atoms with Gasteiger partial charge in [0.15, 0.2) is 5.96 Å². The van der Waals surface area contributed by atoms with Gasteiger partial charge in [-0.2, -0.15) is 0 Å². The van der Waals surface area contributed by atoms with Crippen molar-refractivity contribution in [1.82, 2.24) is 20.4 Å². The highest BCUT2D eigenvalue weighted by atomic mass is 16.2. The van der Waals surface area contributed by atoms with E-state index in [1.165, 1.54) is 0 Å². The van der Waals surface area contributed by atoms with Crippen LogP contribution >= 0.6 is 0 Å². The van der Waals surface area contributed by atoms with Gasteiger partial charge in [0.25, 0.3) is 0 Å². The van der Waals surface area contributed by atoms with E-state index in [0.717, 1.165) is 50.5 Å². The van der Waals surface area contributed by atoms with Crippen LogP contribution in [0.3, 0.4) is 0 Å². The predicted octanol–water partition coefficient (Wildman–Crippen LogP) is 3.10. The zero-order valence-corrected chi connectivity index (χ0v) is 19.1. The summed E-state index contributed by atoms with van der Waals surface area (Å²) in [6.45, 7) is 13.9. The summed E-state index contributed by atoms with van der Waals surface area (Å²) in [5.74, 6) is 0.905. The smallest absolute Gasteiger partial charge is 0.224 e. The Balaban J connectivity index is 2.40. The van der Waals surface area contributed by atoms with E-state index in [2.05, 4.69) is 48.2 Å². The molecule has 0 fully saturated rings. The van der Waals surface area contributed by atoms with Gasteiger partial charge in [-0.05, 0) is 51.9 Å². The molecule has 1 aromatic rings. The van der Waals surface area contributed by atoms with E-state index in [9.17, 15) is 4.79 Å². The first-order valence-electron chi connectivity index (χ1n) is 11.0. The fourth-order valence-electron chi connectivity index (χ4n) is 3.19. The minimum absolute atomic E-state index is 0.112. The Bertz CT molecular complexity index is 586. The first kappa shape index (κ1) is 25.0. The number of hydrogen-bond acceptors (Lipinski definition) is 3. The minimum Gasteiger partial charge on any atom is -0.357 e. The van der Waals surface area contributed by atoms with Crippen LogP contribution in [-0.2, 0) is 11.3 Å². The Morgan fingerprint density at radius 2 is 1.83 bits per heavy atom. The Morgan fingerprint density at radius 3 is 2.45 bits per heavy atom. The second kappa shape index (κ2) is 14.9. The van der Waals surface area contributed by atoms with Crippen LogP contribution in [0.4, 0.5) is 0 Å². The molecule has 1 unspecified atom stereocenters. The summed E-state index contributed by atoms with van der Waals surface area (Å²) in [7, 11) is 1.85. The topological polar surface area (TPSA) is 60.0 Å². The molecule has 0 spiro atoms. The summed E-state index contributed by atoms with van der Waals surface area (Å²) in [4.78, 5) is 21.2. The van der Waals surface area contributed by atoms with Crippen LogP contribution in [-0.4, -0.2) is 67.5 Å². The summed E-state index contributed by atoms with van der Waals surface area (Å²) >= 11 is 0. The van der Waals surface area contributed by atoms with Crippen LogP contribution < -0.4 is 10.6 Å². The Kier molecular flexibility index (Phi) is 12.8.